The number of hydrogen-bond donors (Lipinski definition) is 0. The van der Waals surface area contributed by atoms with Crippen LogP contribution in [0.15, 0.2) is 17.5 Å². The van der Waals surface area contributed by atoms with Gasteiger partial charge in [0.25, 0.3) is 0 Å². The lowest BCUT2D eigenvalue weighted by Crippen LogP contribution is -2.50. The Bertz CT molecular complexity index is 509. The third-order valence-corrected chi connectivity index (χ3v) is 5.19. The Kier molecular flexibility index (Phi) is 4.26. The van der Waals surface area contributed by atoms with Crippen LogP contribution < -0.4 is 0 Å². The van der Waals surface area contributed by atoms with Crippen LogP contribution >= 0.6 is 11.3 Å². The Morgan fingerprint density at radius 1 is 1.33 bits per heavy atom. The number of likely N-dealkylation sites (tertiary alicyclic amines) is 1. The summed E-state index contributed by atoms with van der Waals surface area (Å²) in [7, 11) is 1.77. The minimum absolute atomic E-state index is 0.0877. The molecule has 0 bridgehead atoms. The van der Waals surface area contributed by atoms with E-state index in [2.05, 4.69) is 22.4 Å². The zero-order valence-electron chi connectivity index (χ0n) is 12.3. The van der Waals surface area contributed by atoms with Crippen molar-refractivity contribution >= 4 is 23.2 Å². The van der Waals surface area contributed by atoms with E-state index in [0.717, 1.165) is 32.7 Å². The lowest BCUT2D eigenvalue weighted by molar-refractivity contribution is -0.137. The highest BCUT2D eigenvalue weighted by Gasteiger charge is 2.35. The van der Waals surface area contributed by atoms with E-state index in [1.54, 1.807) is 23.3 Å². The molecular weight excluding hydrogens is 286 g/mol. The van der Waals surface area contributed by atoms with Crippen molar-refractivity contribution in [1.29, 1.82) is 0 Å². The fourth-order valence-electron chi connectivity index (χ4n) is 3.04. The molecule has 21 heavy (non-hydrogen) atoms. The van der Waals surface area contributed by atoms with Gasteiger partial charge in [0.2, 0.25) is 11.8 Å². The van der Waals surface area contributed by atoms with Crippen molar-refractivity contribution in [2.24, 2.45) is 5.92 Å². The van der Waals surface area contributed by atoms with Crippen LogP contribution in [0.2, 0.25) is 0 Å². The van der Waals surface area contributed by atoms with E-state index in [1.807, 2.05) is 4.90 Å². The monoisotopic (exact) mass is 307 g/mol. The first-order chi connectivity index (χ1) is 10.1. The van der Waals surface area contributed by atoms with Crippen LogP contribution in [0, 0.1) is 5.92 Å². The van der Waals surface area contributed by atoms with E-state index in [0.29, 0.717) is 13.0 Å². The fraction of sp³-hybridized carbons (Fsp3) is 0.600. The maximum atomic E-state index is 12.4. The van der Waals surface area contributed by atoms with Crippen LogP contribution in [0.1, 0.15) is 11.3 Å². The lowest BCUT2D eigenvalue weighted by atomic mass is 10.1. The third kappa shape index (κ3) is 3.27. The predicted molar refractivity (Wildman–Crippen MR) is 81.9 cm³/mol. The quantitative estimate of drug-likeness (QED) is 0.832. The summed E-state index contributed by atoms with van der Waals surface area (Å²) in [5.74, 6) is 0.111. The van der Waals surface area contributed by atoms with Gasteiger partial charge in [-0.3, -0.25) is 14.5 Å². The summed E-state index contributed by atoms with van der Waals surface area (Å²) in [6.45, 7) is 4.94. The normalized spacial score (nSPS) is 23.9. The van der Waals surface area contributed by atoms with Gasteiger partial charge in [-0.2, -0.15) is 0 Å². The maximum Gasteiger partial charge on any atom is 0.228 e. The summed E-state index contributed by atoms with van der Waals surface area (Å²) in [6.07, 6.45) is 0.380. The predicted octanol–water partition coefficient (Wildman–Crippen LogP) is 0.871. The zero-order valence-corrected chi connectivity index (χ0v) is 13.1. The van der Waals surface area contributed by atoms with Gasteiger partial charge in [-0.05, 0) is 11.4 Å². The number of nitrogens with zero attached hydrogens (tertiary/aromatic N) is 3. The van der Waals surface area contributed by atoms with Gasteiger partial charge in [0.15, 0.2) is 0 Å². The molecule has 0 spiro atoms. The van der Waals surface area contributed by atoms with Crippen LogP contribution in [0.5, 0.6) is 0 Å². The van der Waals surface area contributed by atoms with E-state index in [4.69, 9.17) is 0 Å². The van der Waals surface area contributed by atoms with E-state index < -0.39 is 0 Å². The third-order valence-electron chi connectivity index (χ3n) is 4.33. The minimum Gasteiger partial charge on any atom is -0.345 e. The van der Waals surface area contributed by atoms with Gasteiger partial charge in [-0.25, -0.2) is 0 Å². The first-order valence-corrected chi connectivity index (χ1v) is 8.29. The minimum atomic E-state index is -0.133. The highest BCUT2D eigenvalue weighted by atomic mass is 32.1. The lowest BCUT2D eigenvalue weighted by Gasteiger charge is -2.35. The zero-order chi connectivity index (χ0) is 14.8. The standard InChI is InChI=1S/C15H21N3O2S/c1-16-10-12(9-14(16)19)15(20)18-6-4-17(5-7-18)11-13-3-2-8-21-13/h2-3,8,12H,4-7,9-11H2,1H3/t12-/m1/s1. The van der Waals surface area contributed by atoms with Crippen LogP contribution in [0.3, 0.4) is 0 Å². The molecule has 2 fully saturated rings. The van der Waals surface area contributed by atoms with E-state index >= 15 is 0 Å². The average molecular weight is 307 g/mol. The van der Waals surface area contributed by atoms with Gasteiger partial charge < -0.3 is 9.80 Å². The van der Waals surface area contributed by atoms with Crippen molar-refractivity contribution < 1.29 is 9.59 Å². The second-order valence-corrected chi connectivity index (χ2v) is 6.89. The number of hydrogen-bond acceptors (Lipinski definition) is 4. The van der Waals surface area contributed by atoms with Crippen LogP contribution in [0.25, 0.3) is 0 Å². The SMILES string of the molecule is CN1C[C@H](C(=O)N2CCN(Cc3cccs3)CC2)CC1=O. The molecule has 114 valence electrons. The first kappa shape index (κ1) is 14.5. The molecule has 1 atom stereocenters. The molecule has 1 aromatic rings. The van der Waals surface area contributed by atoms with Crippen molar-refractivity contribution in [1.82, 2.24) is 14.7 Å². The van der Waals surface area contributed by atoms with Gasteiger partial charge in [-0.1, -0.05) is 6.07 Å². The van der Waals surface area contributed by atoms with Gasteiger partial charge in [0.1, 0.15) is 0 Å². The average Bonchev–Trinajstić information content (AvgIpc) is 3.10. The molecule has 6 heteroatoms. The molecule has 0 aliphatic carbocycles. The second kappa shape index (κ2) is 6.15. The highest BCUT2D eigenvalue weighted by Crippen LogP contribution is 2.20. The Balaban J connectivity index is 1.49. The van der Waals surface area contributed by atoms with E-state index in [-0.39, 0.29) is 17.7 Å². The van der Waals surface area contributed by atoms with E-state index in [9.17, 15) is 9.59 Å². The fourth-order valence-corrected chi connectivity index (χ4v) is 3.78. The van der Waals surface area contributed by atoms with E-state index in [1.165, 1.54) is 4.88 Å². The first-order valence-electron chi connectivity index (χ1n) is 7.41. The van der Waals surface area contributed by atoms with Crippen molar-refractivity contribution in [3.8, 4) is 0 Å². The molecule has 3 heterocycles. The largest absolute Gasteiger partial charge is 0.345 e. The number of piperazine rings is 1. The topological polar surface area (TPSA) is 43.9 Å². The molecule has 0 saturated carbocycles. The second-order valence-electron chi connectivity index (χ2n) is 5.86. The van der Waals surface area contributed by atoms with Crippen molar-refractivity contribution in [3.05, 3.63) is 22.4 Å². The van der Waals surface area contributed by atoms with Gasteiger partial charge in [-0.15, -0.1) is 11.3 Å². The molecule has 2 aliphatic heterocycles. The van der Waals surface area contributed by atoms with Crippen LogP contribution in [-0.4, -0.2) is 66.3 Å². The Hall–Kier alpha value is -1.40. The van der Waals surface area contributed by atoms with Crippen LogP contribution in [0.4, 0.5) is 0 Å². The molecule has 1 aromatic heterocycles. The summed E-state index contributed by atoms with van der Waals surface area (Å²) < 4.78 is 0. The smallest absolute Gasteiger partial charge is 0.228 e. The summed E-state index contributed by atoms with van der Waals surface area (Å²) >= 11 is 1.78. The molecule has 2 aliphatic rings. The molecule has 5 nitrogen and oxygen atoms in total. The molecule has 2 amide bonds. The number of rotatable bonds is 3. The number of carbonyl (C=O) groups is 2. The molecule has 0 aromatic carbocycles. The van der Waals surface area contributed by atoms with Crippen LogP contribution in [-0.2, 0) is 16.1 Å². The van der Waals surface area contributed by atoms with Gasteiger partial charge in [0.05, 0.1) is 5.92 Å². The van der Waals surface area contributed by atoms with Gasteiger partial charge in [0, 0.05) is 57.6 Å². The summed E-state index contributed by atoms with van der Waals surface area (Å²) in [6, 6.07) is 4.23. The molecule has 0 N–H and O–H groups in total. The van der Waals surface area contributed by atoms with Gasteiger partial charge >= 0.3 is 0 Å². The Morgan fingerprint density at radius 2 is 2.10 bits per heavy atom. The summed E-state index contributed by atoms with van der Waals surface area (Å²) in [4.78, 5) is 31.4. The molecule has 0 radical (unpaired) electrons. The molecule has 0 unspecified atom stereocenters. The highest BCUT2D eigenvalue weighted by molar-refractivity contribution is 7.09. The summed E-state index contributed by atoms with van der Waals surface area (Å²) in [5.41, 5.74) is 0. The Morgan fingerprint density at radius 3 is 2.67 bits per heavy atom. The molecule has 2 saturated heterocycles. The summed E-state index contributed by atoms with van der Waals surface area (Å²) in [5, 5.41) is 2.10. The molecule has 3 rings (SSSR count). The Labute approximate surface area is 129 Å². The number of amides is 2. The number of carbonyl (C=O) groups excluding carboxylic acids is 2. The number of thiophene rings is 1. The molecular formula is C15H21N3O2S. The van der Waals surface area contributed by atoms with Crippen molar-refractivity contribution in [2.45, 2.75) is 13.0 Å². The van der Waals surface area contributed by atoms with Crippen molar-refractivity contribution in [3.63, 3.8) is 0 Å². The maximum absolute atomic E-state index is 12.4. The van der Waals surface area contributed by atoms with Crippen molar-refractivity contribution in [2.75, 3.05) is 39.8 Å².